The van der Waals surface area contributed by atoms with Gasteiger partial charge in [0.1, 0.15) is 0 Å². The van der Waals surface area contributed by atoms with Gasteiger partial charge in [0.15, 0.2) is 0 Å². The molecule has 0 atom stereocenters. The molecule has 0 bridgehead atoms. The molecule has 19 heavy (non-hydrogen) atoms. The number of piperazine rings is 1. The third-order valence-electron chi connectivity index (χ3n) is 3.39. The van der Waals surface area contributed by atoms with Gasteiger partial charge in [0.05, 0.1) is 6.42 Å². The van der Waals surface area contributed by atoms with Crippen LogP contribution in [0.3, 0.4) is 0 Å². The zero-order valence-corrected chi connectivity index (χ0v) is 12.6. The van der Waals surface area contributed by atoms with E-state index in [1.165, 1.54) is 8.61 Å². The molecule has 1 saturated heterocycles. The summed E-state index contributed by atoms with van der Waals surface area (Å²) in [6, 6.07) is -0.0740. The molecule has 0 amide bonds. The molecule has 0 saturated carbocycles. The summed E-state index contributed by atoms with van der Waals surface area (Å²) in [6.45, 7) is 6.14. The minimum Gasteiger partial charge on any atom is -0.481 e. The fourth-order valence-corrected chi connectivity index (χ4v) is 3.41. The highest BCUT2D eigenvalue weighted by atomic mass is 32.2. The smallest absolute Gasteiger partial charge is 0.304 e. The molecule has 0 aromatic heterocycles. The lowest BCUT2D eigenvalue weighted by Gasteiger charge is -2.36. The molecule has 1 N–H and O–H groups in total. The summed E-state index contributed by atoms with van der Waals surface area (Å²) in [5, 5.41) is 8.62. The zero-order chi connectivity index (χ0) is 14.6. The van der Waals surface area contributed by atoms with Crippen LogP contribution in [0.15, 0.2) is 0 Å². The molecule has 0 unspecified atom stereocenters. The molecule has 0 aliphatic carbocycles. The number of carboxylic acids is 1. The van der Waals surface area contributed by atoms with Crippen molar-refractivity contribution in [3.05, 3.63) is 0 Å². The maximum atomic E-state index is 12.2. The van der Waals surface area contributed by atoms with Gasteiger partial charge in [-0.25, -0.2) is 0 Å². The van der Waals surface area contributed by atoms with E-state index in [2.05, 4.69) is 0 Å². The Kier molecular flexibility index (Phi) is 5.72. The van der Waals surface area contributed by atoms with Gasteiger partial charge in [-0.15, -0.1) is 0 Å². The number of hydrogen-bond acceptors (Lipinski definition) is 4. The SMILES string of the molecule is CC(C)N(C)S(=O)(=O)N1CCN(CCC(=O)O)CC1. The summed E-state index contributed by atoms with van der Waals surface area (Å²) in [4.78, 5) is 12.5. The van der Waals surface area contributed by atoms with Crippen LogP contribution < -0.4 is 0 Å². The van der Waals surface area contributed by atoms with Gasteiger partial charge >= 0.3 is 5.97 Å². The molecule has 1 aliphatic rings. The first-order chi connectivity index (χ1) is 8.75. The van der Waals surface area contributed by atoms with Crippen LogP contribution in [0.5, 0.6) is 0 Å². The highest BCUT2D eigenvalue weighted by molar-refractivity contribution is 7.86. The van der Waals surface area contributed by atoms with Crippen LogP contribution in [-0.2, 0) is 15.0 Å². The molecule has 1 fully saturated rings. The van der Waals surface area contributed by atoms with Crippen LogP contribution in [-0.4, -0.2) is 78.8 Å². The summed E-state index contributed by atoms with van der Waals surface area (Å²) in [7, 11) is -1.81. The van der Waals surface area contributed by atoms with Gasteiger partial charge < -0.3 is 10.0 Å². The van der Waals surface area contributed by atoms with Crippen molar-refractivity contribution in [2.75, 3.05) is 39.8 Å². The molecule has 0 spiro atoms. The van der Waals surface area contributed by atoms with Gasteiger partial charge in [-0.05, 0) is 13.8 Å². The first-order valence-electron chi connectivity index (χ1n) is 6.42. The average molecular weight is 293 g/mol. The van der Waals surface area contributed by atoms with Crippen molar-refractivity contribution in [2.45, 2.75) is 26.3 Å². The third kappa shape index (κ3) is 4.41. The highest BCUT2D eigenvalue weighted by Crippen LogP contribution is 2.13. The van der Waals surface area contributed by atoms with E-state index in [-0.39, 0.29) is 12.5 Å². The molecular weight excluding hydrogens is 270 g/mol. The van der Waals surface area contributed by atoms with Gasteiger partial charge in [0.25, 0.3) is 10.2 Å². The number of hydrogen-bond donors (Lipinski definition) is 1. The Morgan fingerprint density at radius 2 is 1.79 bits per heavy atom. The average Bonchev–Trinajstić information content (AvgIpc) is 2.35. The van der Waals surface area contributed by atoms with Crippen molar-refractivity contribution < 1.29 is 18.3 Å². The number of nitrogens with zero attached hydrogens (tertiary/aromatic N) is 3. The van der Waals surface area contributed by atoms with Crippen molar-refractivity contribution in [3.63, 3.8) is 0 Å². The third-order valence-corrected chi connectivity index (χ3v) is 5.56. The van der Waals surface area contributed by atoms with Crippen LogP contribution in [0, 0.1) is 0 Å². The summed E-state index contributed by atoms with van der Waals surface area (Å²) >= 11 is 0. The summed E-state index contributed by atoms with van der Waals surface area (Å²) in [6.07, 6.45) is 0.0959. The number of aliphatic carboxylic acids is 1. The maximum Gasteiger partial charge on any atom is 0.304 e. The van der Waals surface area contributed by atoms with Gasteiger partial charge in [0.2, 0.25) is 0 Å². The van der Waals surface area contributed by atoms with E-state index in [1.807, 2.05) is 18.7 Å². The van der Waals surface area contributed by atoms with Gasteiger partial charge in [0, 0.05) is 45.8 Å². The van der Waals surface area contributed by atoms with E-state index in [1.54, 1.807) is 7.05 Å². The second-order valence-corrected chi connectivity index (χ2v) is 6.99. The Labute approximate surface area is 115 Å². The normalized spacial score (nSPS) is 19.2. The van der Waals surface area contributed by atoms with Gasteiger partial charge in [-0.2, -0.15) is 17.0 Å². The first-order valence-corrected chi connectivity index (χ1v) is 7.82. The molecule has 7 nitrogen and oxygen atoms in total. The maximum absolute atomic E-state index is 12.2. The lowest BCUT2D eigenvalue weighted by molar-refractivity contribution is -0.137. The Bertz CT molecular complexity index is 402. The topological polar surface area (TPSA) is 81.2 Å². The van der Waals surface area contributed by atoms with Crippen LogP contribution in [0.2, 0.25) is 0 Å². The van der Waals surface area contributed by atoms with Crippen LogP contribution >= 0.6 is 0 Å². The summed E-state index contributed by atoms with van der Waals surface area (Å²) < 4.78 is 27.3. The zero-order valence-electron chi connectivity index (χ0n) is 11.7. The van der Waals surface area contributed by atoms with Crippen LogP contribution in [0.25, 0.3) is 0 Å². The minimum atomic E-state index is -3.39. The molecular formula is C11H23N3O4S. The lowest BCUT2D eigenvalue weighted by Crippen LogP contribution is -2.53. The molecule has 1 aliphatic heterocycles. The first kappa shape index (κ1) is 16.4. The second-order valence-electron chi connectivity index (χ2n) is 5.00. The molecule has 1 heterocycles. The number of carbonyl (C=O) groups is 1. The van der Waals surface area contributed by atoms with Crippen LogP contribution in [0.1, 0.15) is 20.3 Å². The Morgan fingerprint density at radius 1 is 1.26 bits per heavy atom. The fourth-order valence-electron chi connectivity index (χ4n) is 1.89. The minimum absolute atomic E-state index is 0.0740. The van der Waals surface area contributed by atoms with Gasteiger partial charge in [-0.1, -0.05) is 0 Å². The largest absolute Gasteiger partial charge is 0.481 e. The summed E-state index contributed by atoms with van der Waals surface area (Å²) in [5.74, 6) is -0.824. The van der Waals surface area contributed by atoms with E-state index in [4.69, 9.17) is 5.11 Å². The molecule has 0 aromatic carbocycles. The Hall–Kier alpha value is -0.700. The number of carboxylic acid groups (broad SMARTS) is 1. The van der Waals surface area contributed by atoms with E-state index in [0.29, 0.717) is 32.7 Å². The molecule has 1 rings (SSSR count). The quantitative estimate of drug-likeness (QED) is 0.725. The van der Waals surface area contributed by atoms with Crippen molar-refractivity contribution in [1.29, 1.82) is 0 Å². The van der Waals surface area contributed by atoms with E-state index < -0.39 is 16.2 Å². The van der Waals surface area contributed by atoms with E-state index in [9.17, 15) is 13.2 Å². The Morgan fingerprint density at radius 3 is 2.21 bits per heavy atom. The molecule has 8 heteroatoms. The molecule has 112 valence electrons. The summed E-state index contributed by atoms with van der Waals surface area (Å²) in [5.41, 5.74) is 0. The monoisotopic (exact) mass is 293 g/mol. The van der Waals surface area contributed by atoms with E-state index in [0.717, 1.165) is 0 Å². The predicted octanol–water partition coefficient (Wildman–Crippen LogP) is -0.336. The Balaban J connectivity index is 2.51. The van der Waals surface area contributed by atoms with Crippen molar-refractivity contribution in [1.82, 2.24) is 13.5 Å². The van der Waals surface area contributed by atoms with Crippen molar-refractivity contribution in [3.8, 4) is 0 Å². The highest BCUT2D eigenvalue weighted by Gasteiger charge is 2.31. The fraction of sp³-hybridized carbons (Fsp3) is 0.909. The standard InChI is InChI=1S/C11H23N3O4S/c1-10(2)12(3)19(17,18)14-8-6-13(7-9-14)5-4-11(15)16/h10H,4-9H2,1-3H3,(H,15,16). The van der Waals surface area contributed by atoms with Crippen molar-refractivity contribution in [2.24, 2.45) is 0 Å². The van der Waals surface area contributed by atoms with Crippen LogP contribution in [0.4, 0.5) is 0 Å². The van der Waals surface area contributed by atoms with Crippen molar-refractivity contribution >= 4 is 16.2 Å². The molecule has 0 radical (unpaired) electrons. The van der Waals surface area contributed by atoms with E-state index >= 15 is 0 Å². The second kappa shape index (κ2) is 6.65. The number of rotatable bonds is 6. The molecule has 0 aromatic rings. The predicted molar refractivity (Wildman–Crippen MR) is 72.1 cm³/mol. The van der Waals surface area contributed by atoms with Gasteiger partial charge in [-0.3, -0.25) is 4.79 Å². The lowest BCUT2D eigenvalue weighted by atomic mass is 10.3.